The van der Waals surface area contributed by atoms with Crippen molar-refractivity contribution >= 4 is 40.5 Å². The minimum absolute atomic E-state index is 0. The van der Waals surface area contributed by atoms with Crippen LogP contribution in [0.5, 0.6) is 0 Å². The zero-order valence-electron chi connectivity index (χ0n) is 36.5. The van der Waals surface area contributed by atoms with Gasteiger partial charge < -0.3 is 18.2 Å². The molecule has 0 unspecified atom stereocenters. The molecule has 0 radical (unpaired) electrons. The van der Waals surface area contributed by atoms with Gasteiger partial charge in [-0.25, -0.2) is 33.7 Å². The Morgan fingerprint density at radius 2 is 0.333 bits per heavy atom. The molecular weight excluding hydrogens is 849 g/mol. The van der Waals surface area contributed by atoms with E-state index in [-0.39, 0.29) is 44.7 Å². The Bertz CT molecular complexity index is 1040. The van der Waals surface area contributed by atoms with Crippen LogP contribution in [0.2, 0.25) is 0 Å². The van der Waals surface area contributed by atoms with Crippen molar-refractivity contribution in [2.24, 2.45) is 0 Å². The Hall–Kier alpha value is 0.354. The maximum atomic E-state index is 10.2. The third-order valence-electron chi connectivity index (χ3n) is 8.99. The molecule has 0 saturated carbocycles. The Labute approximate surface area is 368 Å². The van der Waals surface area contributed by atoms with Crippen molar-refractivity contribution in [1.29, 1.82) is 0 Å². The number of hydrogen-bond donors (Lipinski definition) is 0. The van der Waals surface area contributed by atoms with Crippen molar-refractivity contribution in [1.82, 2.24) is 0 Å². The van der Waals surface area contributed by atoms with E-state index in [0.717, 1.165) is 51.4 Å². The van der Waals surface area contributed by atoms with E-state index in [1.165, 1.54) is 128 Å². The molecule has 0 bridgehead atoms. The van der Waals surface area contributed by atoms with E-state index in [1.807, 2.05) is 0 Å². The average molecular weight is 933 g/mol. The summed E-state index contributed by atoms with van der Waals surface area (Å²) in [4.78, 5) is 0. The van der Waals surface area contributed by atoms with Gasteiger partial charge in [-0.3, -0.25) is 0 Å². The SMILES string of the molecule is CCCCCCCCCCS(=O)(=O)[O-].CCCCCCCCCCS(=O)(=O)[O-].CCCCCCCCCCS(=O)(=O)[O-].CCCCCCCCCCS(=O)(=O)[O-].[Ti+4]. The number of unbranched alkanes of at least 4 members (excludes halogenated alkanes) is 28. The minimum Gasteiger partial charge on any atom is -0.748 e. The summed E-state index contributed by atoms with van der Waals surface area (Å²) in [7, 11) is -15.9. The average Bonchev–Trinajstić information content (AvgIpc) is 3.08. The molecule has 0 atom stereocenters. The molecule has 0 spiro atoms. The molecule has 0 heterocycles. The minimum atomic E-state index is -3.98. The van der Waals surface area contributed by atoms with E-state index >= 15 is 0 Å². The van der Waals surface area contributed by atoms with E-state index in [1.54, 1.807) is 0 Å². The third-order valence-corrected chi connectivity index (χ3v) is 12.1. The zero-order valence-corrected chi connectivity index (χ0v) is 41.3. The van der Waals surface area contributed by atoms with Gasteiger partial charge in [-0.15, -0.1) is 0 Å². The summed E-state index contributed by atoms with van der Waals surface area (Å²) in [5.41, 5.74) is 0. The van der Waals surface area contributed by atoms with Gasteiger partial charge in [-0.05, 0) is 25.7 Å². The first-order valence-corrected chi connectivity index (χ1v) is 28.3. The Kier molecular flexibility index (Phi) is 55.3. The molecule has 0 aromatic rings. The van der Waals surface area contributed by atoms with Gasteiger partial charge in [0.25, 0.3) is 0 Å². The van der Waals surface area contributed by atoms with Crippen molar-refractivity contribution in [3.8, 4) is 0 Å². The van der Waals surface area contributed by atoms with Crippen LogP contribution >= 0.6 is 0 Å². The Morgan fingerprint density at radius 3 is 0.439 bits per heavy atom. The fourth-order valence-corrected chi connectivity index (χ4v) is 7.88. The fourth-order valence-electron chi connectivity index (χ4n) is 5.65. The maximum absolute atomic E-state index is 10.2. The number of rotatable bonds is 36. The van der Waals surface area contributed by atoms with Crippen LogP contribution in [0.3, 0.4) is 0 Å². The standard InChI is InChI=1S/4C10H22O3S.Ti/c4*1-2-3-4-5-6-7-8-9-10-14(11,12)13;/h4*2-10H2,1H3,(H,11,12,13);/q;;;;+4/p-4. The molecule has 0 aliphatic rings. The van der Waals surface area contributed by atoms with Crippen LogP contribution in [0.1, 0.15) is 233 Å². The maximum Gasteiger partial charge on any atom is 4.00 e. The fraction of sp³-hybridized carbons (Fsp3) is 1.00. The van der Waals surface area contributed by atoms with Crippen molar-refractivity contribution in [2.75, 3.05) is 23.0 Å². The van der Waals surface area contributed by atoms with Crippen LogP contribution in [0.25, 0.3) is 0 Å². The summed E-state index contributed by atoms with van der Waals surface area (Å²) in [5, 5.41) is 0. The Morgan fingerprint density at radius 1 is 0.228 bits per heavy atom. The molecule has 0 rings (SSSR count). The molecule has 0 aliphatic heterocycles. The largest absolute Gasteiger partial charge is 4.00 e. The van der Waals surface area contributed by atoms with Crippen molar-refractivity contribution in [3.05, 3.63) is 0 Å². The van der Waals surface area contributed by atoms with Crippen LogP contribution in [0.4, 0.5) is 0 Å². The van der Waals surface area contributed by atoms with Crippen LogP contribution in [-0.2, 0) is 62.2 Å². The smallest absolute Gasteiger partial charge is 0.748 e. The van der Waals surface area contributed by atoms with Crippen LogP contribution in [-0.4, -0.2) is 74.9 Å². The summed E-state index contributed by atoms with van der Waals surface area (Å²) in [6, 6.07) is 0. The molecule has 0 aromatic heterocycles. The molecule has 0 aromatic carbocycles. The van der Waals surface area contributed by atoms with Crippen LogP contribution < -0.4 is 0 Å². The summed E-state index contributed by atoms with van der Waals surface area (Å²) in [5.74, 6) is -0.770. The van der Waals surface area contributed by atoms with E-state index in [4.69, 9.17) is 0 Å². The molecule has 0 amide bonds. The van der Waals surface area contributed by atoms with Gasteiger partial charge in [0.15, 0.2) is 0 Å². The Balaban J connectivity index is -0.000000210. The van der Waals surface area contributed by atoms with Crippen molar-refractivity contribution in [2.45, 2.75) is 233 Å². The van der Waals surface area contributed by atoms with Crippen molar-refractivity contribution in [3.63, 3.8) is 0 Å². The molecule has 0 aliphatic carbocycles. The molecule has 0 N–H and O–H groups in total. The summed E-state index contributed by atoms with van der Waals surface area (Å²) < 4.78 is 123. The van der Waals surface area contributed by atoms with Gasteiger partial charge in [0.1, 0.15) is 0 Å². The zero-order chi connectivity index (χ0) is 43.5. The van der Waals surface area contributed by atoms with E-state index in [0.29, 0.717) is 25.7 Å². The summed E-state index contributed by atoms with van der Waals surface area (Å²) in [6.07, 6.45) is 34.6. The van der Waals surface area contributed by atoms with Gasteiger partial charge in [-0.2, -0.15) is 0 Å². The van der Waals surface area contributed by atoms with E-state index in [9.17, 15) is 51.9 Å². The molecular formula is C40H84O12S4Ti. The van der Waals surface area contributed by atoms with Crippen LogP contribution in [0, 0.1) is 0 Å². The van der Waals surface area contributed by atoms with Gasteiger partial charge in [0.2, 0.25) is 0 Å². The molecule has 344 valence electrons. The second-order valence-electron chi connectivity index (χ2n) is 14.9. The van der Waals surface area contributed by atoms with Crippen LogP contribution in [0.15, 0.2) is 0 Å². The van der Waals surface area contributed by atoms with E-state index < -0.39 is 40.5 Å². The monoisotopic (exact) mass is 932 g/mol. The summed E-state index contributed by atoms with van der Waals surface area (Å²) >= 11 is 0. The molecule has 0 fully saturated rings. The normalized spacial score (nSPS) is 11.6. The molecule has 12 nitrogen and oxygen atoms in total. The third kappa shape index (κ3) is 84.6. The molecule has 17 heteroatoms. The first-order chi connectivity index (χ1) is 26.2. The number of hydrogen-bond acceptors (Lipinski definition) is 12. The van der Waals surface area contributed by atoms with Gasteiger partial charge >= 0.3 is 21.7 Å². The quantitative estimate of drug-likeness (QED) is 0.0325. The molecule has 0 saturated heterocycles. The molecule has 57 heavy (non-hydrogen) atoms. The first-order valence-electron chi connectivity index (χ1n) is 22.0. The van der Waals surface area contributed by atoms with Crippen molar-refractivity contribution < 1.29 is 73.6 Å². The summed E-state index contributed by atoms with van der Waals surface area (Å²) in [6.45, 7) is 8.72. The van der Waals surface area contributed by atoms with Gasteiger partial charge in [0, 0.05) is 23.0 Å². The van der Waals surface area contributed by atoms with E-state index in [2.05, 4.69) is 27.7 Å². The van der Waals surface area contributed by atoms with Gasteiger partial charge in [-0.1, -0.05) is 207 Å². The van der Waals surface area contributed by atoms with Gasteiger partial charge in [0.05, 0.1) is 40.5 Å². The predicted octanol–water partition coefficient (Wildman–Crippen LogP) is 10.7. The predicted molar refractivity (Wildman–Crippen MR) is 229 cm³/mol. The first kappa shape index (κ1) is 66.5. The topological polar surface area (TPSA) is 229 Å². The second-order valence-corrected chi connectivity index (χ2v) is 21.0. The second kappa shape index (κ2) is 47.4.